The van der Waals surface area contributed by atoms with Gasteiger partial charge in [-0.1, -0.05) is 288 Å². The molecule has 0 spiro atoms. The van der Waals surface area contributed by atoms with E-state index >= 15 is 0 Å². The third-order valence-corrected chi connectivity index (χ3v) is 18.4. The standard InChI is InChI=1S/C87H144O17P2/c1-5-9-13-17-21-25-29-32-35-38-40-43-45-48-52-55-59-63-67-71-84(89)97-77-82(103-86(91)73-69-65-61-57-51-28-24-20-16-12-8-4)79-101-105(93,94)99-75-81(88)76-100-106(95,96)102-80-83(104-87(92)74-70-66-62-58-54-50-47-42-37-34-31-27-23-19-15-11-7-3)78-98-85(90)72-68-64-60-56-53-49-46-44-41-39-36-33-30-26-22-18-14-10-6-2/h10-11,14-15,20-27,32-37,40-41,43-44,49,53,60,64,81-83,88H,5-9,12-13,16-19,28-31,38-39,42,45-48,50-52,54-59,61-63,65-80H2,1-4H3,(H,93,94)(H,95,96)/b14-10-,15-11-,24-20-,25-21-,26-22-,27-23-,35-32-,36-33-,37-34-,43-40-,44-41-,53-49-,64-60-. The van der Waals surface area contributed by atoms with Crippen LogP contribution in [0.3, 0.4) is 0 Å². The van der Waals surface area contributed by atoms with Gasteiger partial charge in [-0.3, -0.25) is 37.3 Å². The van der Waals surface area contributed by atoms with Gasteiger partial charge in [0, 0.05) is 25.7 Å². The summed E-state index contributed by atoms with van der Waals surface area (Å²) in [5.41, 5.74) is 0. The number of esters is 4. The highest BCUT2D eigenvalue weighted by Crippen LogP contribution is 2.45. The fraction of sp³-hybridized carbons (Fsp3) is 0.655. The maximum Gasteiger partial charge on any atom is 0.472 e. The van der Waals surface area contributed by atoms with Crippen molar-refractivity contribution in [2.75, 3.05) is 39.6 Å². The predicted octanol–water partition coefficient (Wildman–Crippen LogP) is 24.0. The van der Waals surface area contributed by atoms with Gasteiger partial charge in [0.25, 0.3) is 0 Å². The zero-order valence-electron chi connectivity index (χ0n) is 66.1. The highest BCUT2D eigenvalue weighted by molar-refractivity contribution is 7.47. The van der Waals surface area contributed by atoms with Crippen molar-refractivity contribution >= 4 is 39.5 Å². The van der Waals surface area contributed by atoms with Crippen LogP contribution >= 0.6 is 15.6 Å². The van der Waals surface area contributed by atoms with Gasteiger partial charge in [0.2, 0.25) is 0 Å². The summed E-state index contributed by atoms with van der Waals surface area (Å²) in [6.07, 6.45) is 90.9. The molecule has 0 saturated carbocycles. The Morgan fingerprint density at radius 1 is 0.274 bits per heavy atom. The van der Waals surface area contributed by atoms with Crippen LogP contribution in [0.2, 0.25) is 0 Å². The van der Waals surface area contributed by atoms with Gasteiger partial charge in [0.05, 0.1) is 26.4 Å². The number of phosphoric acid groups is 2. The Morgan fingerprint density at radius 3 is 0.849 bits per heavy atom. The molecule has 0 bridgehead atoms. The number of phosphoric ester groups is 2. The number of ether oxygens (including phenoxy) is 4. The lowest BCUT2D eigenvalue weighted by Gasteiger charge is -2.21. The van der Waals surface area contributed by atoms with Gasteiger partial charge in [-0.15, -0.1) is 0 Å². The number of carbonyl (C=O) groups is 4. The Morgan fingerprint density at radius 2 is 0.519 bits per heavy atom. The third kappa shape index (κ3) is 76.9. The molecule has 17 nitrogen and oxygen atoms in total. The topological polar surface area (TPSA) is 237 Å². The molecule has 5 unspecified atom stereocenters. The first-order valence-corrected chi connectivity index (χ1v) is 43.7. The average Bonchev–Trinajstić information content (AvgIpc) is 0.919. The van der Waals surface area contributed by atoms with E-state index in [9.17, 15) is 43.2 Å². The zero-order chi connectivity index (χ0) is 77.4. The van der Waals surface area contributed by atoms with Gasteiger partial charge in [0.15, 0.2) is 12.2 Å². The lowest BCUT2D eigenvalue weighted by molar-refractivity contribution is -0.161. The second-order valence-corrected chi connectivity index (χ2v) is 29.5. The van der Waals surface area contributed by atoms with E-state index < -0.39 is 97.5 Å². The predicted molar refractivity (Wildman–Crippen MR) is 436 cm³/mol. The van der Waals surface area contributed by atoms with Crippen LogP contribution in [0.4, 0.5) is 0 Å². The number of aliphatic hydroxyl groups is 1. The molecule has 0 fully saturated rings. The number of allylic oxidation sites excluding steroid dienone is 26. The highest BCUT2D eigenvalue weighted by Gasteiger charge is 2.30. The van der Waals surface area contributed by atoms with Crippen molar-refractivity contribution in [3.05, 3.63) is 158 Å². The Bertz CT molecular complexity index is 2630. The molecule has 0 aromatic carbocycles. The van der Waals surface area contributed by atoms with E-state index in [1.165, 1.54) is 32.1 Å². The lowest BCUT2D eigenvalue weighted by Crippen LogP contribution is -2.30. The molecule has 5 atom stereocenters. The molecule has 0 saturated heterocycles. The number of aliphatic hydroxyl groups excluding tert-OH is 1. The van der Waals surface area contributed by atoms with Crippen molar-refractivity contribution in [3.63, 3.8) is 0 Å². The molecule has 0 heterocycles. The van der Waals surface area contributed by atoms with Crippen LogP contribution < -0.4 is 0 Å². The molecule has 0 amide bonds. The van der Waals surface area contributed by atoms with E-state index in [4.69, 9.17) is 37.0 Å². The Balaban J connectivity index is 5.42. The van der Waals surface area contributed by atoms with Crippen molar-refractivity contribution in [1.82, 2.24) is 0 Å². The first kappa shape index (κ1) is 101. The largest absolute Gasteiger partial charge is 0.472 e. The summed E-state index contributed by atoms with van der Waals surface area (Å²) < 4.78 is 68.5. The van der Waals surface area contributed by atoms with E-state index in [1.807, 2.05) is 18.2 Å². The van der Waals surface area contributed by atoms with E-state index in [1.54, 1.807) is 0 Å². The quantitative estimate of drug-likeness (QED) is 0.0169. The number of hydrogen-bond donors (Lipinski definition) is 3. The second-order valence-electron chi connectivity index (χ2n) is 26.6. The molecule has 106 heavy (non-hydrogen) atoms. The summed E-state index contributed by atoms with van der Waals surface area (Å²) in [5, 5.41) is 10.6. The molecule has 0 aliphatic heterocycles. The number of rotatable bonds is 75. The maximum absolute atomic E-state index is 13.1. The molecular weight excluding hydrogens is 1380 g/mol. The van der Waals surface area contributed by atoms with E-state index in [-0.39, 0.29) is 25.7 Å². The van der Waals surface area contributed by atoms with Crippen LogP contribution in [0.5, 0.6) is 0 Å². The minimum Gasteiger partial charge on any atom is -0.462 e. The molecule has 0 aromatic rings. The smallest absolute Gasteiger partial charge is 0.462 e. The first-order chi connectivity index (χ1) is 51.7. The summed E-state index contributed by atoms with van der Waals surface area (Å²) in [7, 11) is -10.00. The number of hydrogen-bond acceptors (Lipinski definition) is 15. The van der Waals surface area contributed by atoms with Crippen molar-refractivity contribution in [2.24, 2.45) is 0 Å². The monoisotopic (exact) mass is 1520 g/mol. The Hall–Kier alpha value is -5.32. The average molecular weight is 1520 g/mol. The van der Waals surface area contributed by atoms with Gasteiger partial charge in [-0.2, -0.15) is 0 Å². The number of carbonyl (C=O) groups excluding carboxylic acids is 4. The van der Waals surface area contributed by atoms with Crippen LogP contribution in [-0.2, 0) is 65.4 Å². The molecule has 0 aliphatic carbocycles. The summed E-state index contributed by atoms with van der Waals surface area (Å²) in [4.78, 5) is 73.0. The molecule has 0 rings (SSSR count). The van der Waals surface area contributed by atoms with Crippen LogP contribution in [0.25, 0.3) is 0 Å². The minimum absolute atomic E-state index is 0.0290. The van der Waals surface area contributed by atoms with Gasteiger partial charge in [-0.05, 0) is 154 Å². The van der Waals surface area contributed by atoms with E-state index in [0.29, 0.717) is 32.1 Å². The van der Waals surface area contributed by atoms with E-state index in [2.05, 4.69) is 167 Å². The summed E-state index contributed by atoms with van der Waals surface area (Å²) in [5.74, 6) is -2.31. The van der Waals surface area contributed by atoms with E-state index in [0.717, 1.165) is 193 Å². The fourth-order valence-electron chi connectivity index (χ4n) is 10.3. The van der Waals surface area contributed by atoms with Gasteiger partial charge in [-0.25, -0.2) is 9.13 Å². The normalized spacial score (nSPS) is 14.7. The van der Waals surface area contributed by atoms with Crippen molar-refractivity contribution in [3.8, 4) is 0 Å². The zero-order valence-corrected chi connectivity index (χ0v) is 67.8. The van der Waals surface area contributed by atoms with Crippen LogP contribution in [0.1, 0.15) is 310 Å². The highest BCUT2D eigenvalue weighted by atomic mass is 31.2. The van der Waals surface area contributed by atoms with Gasteiger partial charge in [0.1, 0.15) is 19.3 Å². The molecule has 604 valence electrons. The molecule has 0 radical (unpaired) electrons. The minimum atomic E-state index is -5.00. The van der Waals surface area contributed by atoms with Crippen LogP contribution in [0, 0.1) is 0 Å². The van der Waals surface area contributed by atoms with Crippen LogP contribution in [0.15, 0.2) is 158 Å². The SMILES string of the molecule is CC/C=C\C/C=C\C/C=C\C/C=C\C/C=C\C/C=C\CCC(=O)OCC(COP(=O)(O)OCC(O)COP(=O)(O)OCC(COC(=O)CCCCCCCC/C=C\C/C=C\C/C=C\CCCCC)OC(=O)CCCCCCC/C=C\CCCC)OC(=O)CCCCCCCCC/C=C\C/C=C\C/C=C\CC. The molecule has 0 aromatic heterocycles. The Kier molecular flexibility index (Phi) is 73.9. The lowest BCUT2D eigenvalue weighted by atomic mass is 10.1. The second kappa shape index (κ2) is 77.8. The molecule has 19 heteroatoms. The molecule has 3 N–H and O–H groups in total. The van der Waals surface area contributed by atoms with Gasteiger partial charge >= 0.3 is 39.5 Å². The fourth-order valence-corrected chi connectivity index (χ4v) is 11.9. The first-order valence-electron chi connectivity index (χ1n) is 40.7. The number of unbranched alkanes of at least 4 members (excludes halogenated alkanes) is 23. The van der Waals surface area contributed by atoms with Gasteiger partial charge < -0.3 is 33.8 Å². The Labute approximate surface area is 642 Å². The molecular formula is C87H144O17P2. The third-order valence-electron chi connectivity index (χ3n) is 16.5. The summed E-state index contributed by atoms with van der Waals surface area (Å²) in [6.45, 7) is 4.46. The maximum atomic E-state index is 13.1. The van der Waals surface area contributed by atoms with Crippen molar-refractivity contribution < 1.29 is 80.2 Å². The summed E-state index contributed by atoms with van der Waals surface area (Å²) >= 11 is 0. The van der Waals surface area contributed by atoms with Crippen molar-refractivity contribution in [1.29, 1.82) is 0 Å². The van der Waals surface area contributed by atoms with Crippen LogP contribution in [-0.4, -0.2) is 96.7 Å². The molecule has 0 aliphatic rings. The van der Waals surface area contributed by atoms with Crippen molar-refractivity contribution in [2.45, 2.75) is 329 Å². The summed E-state index contributed by atoms with van der Waals surface area (Å²) in [6, 6.07) is 0.